The number of rotatable bonds is 6. The molecular weight excluding hydrogens is 407 g/mol. The number of carbonyl (C=O) groups is 1. The van der Waals surface area contributed by atoms with Crippen LogP contribution in [0.15, 0.2) is 22.7 Å². The number of alkyl halides is 3. The van der Waals surface area contributed by atoms with Gasteiger partial charge in [0.05, 0.1) is 13.2 Å². The molecular formula is C16H21BrF3NO4. The van der Waals surface area contributed by atoms with E-state index in [1.165, 1.54) is 30.2 Å². The number of carbonyl (C=O) groups excluding carboxylic acids is 1. The van der Waals surface area contributed by atoms with Gasteiger partial charge in [0.2, 0.25) is 0 Å². The number of methoxy groups -OCH3 is 1. The van der Waals surface area contributed by atoms with Crippen LogP contribution in [-0.2, 0) is 16.0 Å². The van der Waals surface area contributed by atoms with Crippen molar-refractivity contribution in [1.29, 1.82) is 0 Å². The van der Waals surface area contributed by atoms with E-state index >= 15 is 0 Å². The normalized spacial score (nSPS) is 12.0. The third kappa shape index (κ3) is 8.44. The summed E-state index contributed by atoms with van der Waals surface area (Å²) in [6.45, 7) is 5.36. The smallest absolute Gasteiger partial charge is 0.444 e. The average molecular weight is 428 g/mol. The molecule has 0 N–H and O–H groups in total. The van der Waals surface area contributed by atoms with Crippen molar-refractivity contribution >= 4 is 22.0 Å². The molecule has 0 saturated heterocycles. The van der Waals surface area contributed by atoms with Crippen molar-refractivity contribution in [1.82, 2.24) is 4.90 Å². The van der Waals surface area contributed by atoms with Gasteiger partial charge in [-0.1, -0.05) is 15.9 Å². The molecule has 25 heavy (non-hydrogen) atoms. The van der Waals surface area contributed by atoms with Crippen LogP contribution in [0.2, 0.25) is 0 Å². The lowest BCUT2D eigenvalue weighted by Crippen LogP contribution is -2.38. The lowest BCUT2D eigenvalue weighted by atomic mass is 10.2. The third-order valence-corrected chi connectivity index (χ3v) is 3.32. The molecule has 9 heteroatoms. The fraction of sp³-hybridized carbons (Fsp3) is 0.562. The van der Waals surface area contributed by atoms with Gasteiger partial charge in [-0.25, -0.2) is 4.79 Å². The summed E-state index contributed by atoms with van der Waals surface area (Å²) < 4.78 is 52.6. The number of benzene rings is 1. The van der Waals surface area contributed by atoms with Crippen LogP contribution in [0.3, 0.4) is 0 Å². The van der Waals surface area contributed by atoms with Crippen LogP contribution in [0.5, 0.6) is 5.75 Å². The topological polar surface area (TPSA) is 48.0 Å². The summed E-state index contributed by atoms with van der Waals surface area (Å²) in [6.07, 6.45) is -5.48. The fourth-order valence-electron chi connectivity index (χ4n) is 1.86. The van der Waals surface area contributed by atoms with Gasteiger partial charge in [-0.2, -0.15) is 0 Å². The predicted octanol–water partition coefficient (Wildman–Crippen LogP) is 4.73. The molecule has 1 rings (SSSR count). The van der Waals surface area contributed by atoms with Crippen LogP contribution >= 0.6 is 15.9 Å². The second kappa shape index (κ2) is 8.75. The van der Waals surface area contributed by atoms with Crippen molar-refractivity contribution in [3.8, 4) is 5.75 Å². The summed E-state index contributed by atoms with van der Waals surface area (Å²) in [5.74, 6) is -0.373. The third-order valence-electron chi connectivity index (χ3n) is 2.83. The van der Waals surface area contributed by atoms with E-state index in [1.54, 1.807) is 20.8 Å². The molecule has 0 aliphatic heterocycles. The van der Waals surface area contributed by atoms with E-state index in [2.05, 4.69) is 20.7 Å². The van der Waals surface area contributed by atoms with Crippen LogP contribution in [0.4, 0.5) is 18.0 Å². The van der Waals surface area contributed by atoms with E-state index in [1.807, 2.05) is 0 Å². The number of halogens is 4. The second-order valence-corrected chi connectivity index (χ2v) is 7.11. The molecule has 0 aromatic heterocycles. The molecule has 1 aromatic carbocycles. The number of hydrogen-bond acceptors (Lipinski definition) is 4. The molecule has 5 nitrogen and oxygen atoms in total. The summed E-state index contributed by atoms with van der Waals surface area (Å²) in [6, 6.07) is 4.08. The zero-order valence-corrected chi connectivity index (χ0v) is 16.0. The Morgan fingerprint density at radius 3 is 2.40 bits per heavy atom. The monoisotopic (exact) mass is 427 g/mol. The van der Waals surface area contributed by atoms with Gasteiger partial charge >= 0.3 is 12.5 Å². The number of ether oxygens (including phenoxy) is 3. The Labute approximate surface area is 153 Å². The first-order valence-corrected chi connectivity index (χ1v) is 8.21. The molecule has 0 atom stereocenters. The molecule has 0 heterocycles. The van der Waals surface area contributed by atoms with E-state index in [4.69, 9.17) is 9.47 Å². The van der Waals surface area contributed by atoms with Gasteiger partial charge in [-0.3, -0.25) is 0 Å². The maximum atomic E-state index is 12.6. The summed E-state index contributed by atoms with van der Waals surface area (Å²) in [5, 5.41) is 0. The molecule has 1 aromatic rings. The first kappa shape index (κ1) is 21.6. The van der Waals surface area contributed by atoms with Gasteiger partial charge < -0.3 is 19.1 Å². The van der Waals surface area contributed by atoms with E-state index in [0.717, 1.165) is 0 Å². The Balaban J connectivity index is 3.06. The zero-order chi connectivity index (χ0) is 19.3. The SMILES string of the molecule is COCCN(Cc1cc(Br)ccc1OC(F)(F)F)C(=O)OC(C)(C)C. The summed E-state index contributed by atoms with van der Waals surface area (Å²) in [5.41, 5.74) is -0.543. The van der Waals surface area contributed by atoms with Gasteiger partial charge in [-0.15, -0.1) is 13.2 Å². The quantitative estimate of drug-likeness (QED) is 0.658. The minimum atomic E-state index is -4.83. The molecule has 0 spiro atoms. The molecule has 0 unspecified atom stereocenters. The zero-order valence-electron chi connectivity index (χ0n) is 14.4. The van der Waals surface area contributed by atoms with Crippen LogP contribution in [0.25, 0.3) is 0 Å². The van der Waals surface area contributed by atoms with Crippen molar-refractivity contribution in [2.24, 2.45) is 0 Å². The first-order valence-electron chi connectivity index (χ1n) is 7.42. The minimum absolute atomic E-state index is 0.122. The average Bonchev–Trinajstić information content (AvgIpc) is 2.42. The summed E-state index contributed by atoms with van der Waals surface area (Å²) in [7, 11) is 1.46. The van der Waals surface area contributed by atoms with Crippen molar-refractivity contribution in [2.75, 3.05) is 20.3 Å². The number of nitrogens with zero attached hydrogens (tertiary/aromatic N) is 1. The lowest BCUT2D eigenvalue weighted by molar-refractivity contribution is -0.275. The Bertz CT molecular complexity index is 588. The highest BCUT2D eigenvalue weighted by molar-refractivity contribution is 9.10. The van der Waals surface area contributed by atoms with Crippen molar-refractivity contribution in [3.05, 3.63) is 28.2 Å². The number of hydrogen-bond donors (Lipinski definition) is 0. The van der Waals surface area contributed by atoms with E-state index in [9.17, 15) is 18.0 Å². The molecule has 0 saturated carbocycles. The Morgan fingerprint density at radius 1 is 1.24 bits per heavy atom. The van der Waals surface area contributed by atoms with Crippen molar-refractivity contribution in [3.63, 3.8) is 0 Å². The largest absolute Gasteiger partial charge is 0.573 e. The Kier molecular flexibility index (Phi) is 7.55. The van der Waals surface area contributed by atoms with Crippen LogP contribution in [0.1, 0.15) is 26.3 Å². The highest BCUT2D eigenvalue weighted by Crippen LogP contribution is 2.30. The van der Waals surface area contributed by atoms with Gasteiger partial charge in [-0.05, 0) is 39.0 Å². The Morgan fingerprint density at radius 2 is 1.88 bits per heavy atom. The second-order valence-electron chi connectivity index (χ2n) is 6.19. The molecule has 0 fully saturated rings. The standard InChI is InChI=1S/C16H21BrF3NO4/c1-15(2,3)25-14(22)21(7-8-23-4)10-11-9-12(17)5-6-13(11)24-16(18,19)20/h5-6,9H,7-8,10H2,1-4H3. The molecule has 0 aliphatic carbocycles. The maximum absolute atomic E-state index is 12.6. The highest BCUT2D eigenvalue weighted by atomic mass is 79.9. The minimum Gasteiger partial charge on any atom is -0.444 e. The number of amides is 1. The Hall–Kier alpha value is -1.48. The maximum Gasteiger partial charge on any atom is 0.573 e. The van der Waals surface area contributed by atoms with Crippen molar-refractivity contribution in [2.45, 2.75) is 39.3 Å². The van der Waals surface area contributed by atoms with E-state index in [0.29, 0.717) is 4.47 Å². The molecule has 142 valence electrons. The highest BCUT2D eigenvalue weighted by Gasteiger charge is 2.32. The first-order chi connectivity index (χ1) is 11.4. The van der Waals surface area contributed by atoms with Crippen LogP contribution < -0.4 is 4.74 Å². The summed E-state index contributed by atoms with van der Waals surface area (Å²) >= 11 is 3.21. The molecule has 1 amide bonds. The van der Waals surface area contributed by atoms with Crippen molar-refractivity contribution < 1.29 is 32.2 Å². The van der Waals surface area contributed by atoms with Crippen LogP contribution in [0, 0.1) is 0 Å². The van der Waals surface area contributed by atoms with E-state index in [-0.39, 0.29) is 31.0 Å². The fourth-order valence-corrected chi connectivity index (χ4v) is 2.27. The summed E-state index contributed by atoms with van der Waals surface area (Å²) in [4.78, 5) is 13.6. The molecule has 0 aliphatic rings. The lowest BCUT2D eigenvalue weighted by Gasteiger charge is -2.28. The van der Waals surface area contributed by atoms with E-state index < -0.39 is 18.1 Å². The van der Waals surface area contributed by atoms with Gasteiger partial charge in [0, 0.05) is 23.7 Å². The molecule has 0 radical (unpaired) electrons. The molecule has 0 bridgehead atoms. The van der Waals surface area contributed by atoms with Gasteiger partial charge in [0.25, 0.3) is 0 Å². The van der Waals surface area contributed by atoms with Gasteiger partial charge in [0.15, 0.2) is 0 Å². The van der Waals surface area contributed by atoms with Crippen LogP contribution in [-0.4, -0.2) is 43.2 Å². The predicted molar refractivity (Wildman–Crippen MR) is 89.3 cm³/mol. The van der Waals surface area contributed by atoms with Gasteiger partial charge in [0.1, 0.15) is 11.4 Å².